The maximum Gasteiger partial charge on any atom is 0.187 e. The van der Waals surface area contributed by atoms with Crippen molar-refractivity contribution in [3.63, 3.8) is 0 Å². The van der Waals surface area contributed by atoms with Crippen LogP contribution < -0.4 is 17.0 Å². The SMILES string of the molecule is NC1=NNN=C(N)S1. The Morgan fingerprint density at radius 1 is 1.25 bits per heavy atom. The smallest absolute Gasteiger partial charge is 0.187 e. The first-order chi connectivity index (χ1) is 3.79. The summed E-state index contributed by atoms with van der Waals surface area (Å²) in [6.07, 6.45) is 0. The Bertz CT molecular complexity index is 133. The van der Waals surface area contributed by atoms with Crippen molar-refractivity contribution in [3.05, 3.63) is 0 Å². The number of nitrogens with zero attached hydrogens (tertiary/aromatic N) is 2. The average molecular weight is 131 g/mol. The molecule has 0 aliphatic carbocycles. The largest absolute Gasteiger partial charge is 0.376 e. The van der Waals surface area contributed by atoms with E-state index >= 15 is 0 Å². The van der Waals surface area contributed by atoms with Gasteiger partial charge >= 0.3 is 0 Å². The van der Waals surface area contributed by atoms with Crippen molar-refractivity contribution in [1.29, 1.82) is 0 Å². The average Bonchev–Trinajstić information content (AvgIpc) is 1.64. The maximum absolute atomic E-state index is 5.21. The number of hydrogen-bond acceptors (Lipinski definition) is 6. The van der Waals surface area contributed by atoms with E-state index in [-0.39, 0.29) is 0 Å². The van der Waals surface area contributed by atoms with E-state index in [9.17, 15) is 0 Å². The Labute approximate surface area is 50.2 Å². The third-order valence-corrected chi connectivity index (χ3v) is 1.13. The van der Waals surface area contributed by atoms with E-state index in [1.807, 2.05) is 0 Å². The number of hydrogen-bond donors (Lipinski definition) is 3. The highest BCUT2D eigenvalue weighted by Crippen LogP contribution is 2.00. The minimum atomic E-state index is 0.387. The molecule has 0 spiro atoms. The molecule has 44 valence electrons. The fourth-order valence-electron chi connectivity index (χ4n) is 0.276. The van der Waals surface area contributed by atoms with Gasteiger partial charge in [-0.15, -0.1) is 10.2 Å². The lowest BCUT2D eigenvalue weighted by atomic mass is 11.3. The van der Waals surface area contributed by atoms with Crippen LogP contribution in [-0.2, 0) is 0 Å². The fraction of sp³-hybridized carbons (Fsp3) is 0. The second-order valence-corrected chi connectivity index (χ2v) is 2.14. The van der Waals surface area contributed by atoms with Crippen molar-refractivity contribution in [2.45, 2.75) is 0 Å². The van der Waals surface area contributed by atoms with Gasteiger partial charge in [-0.25, -0.2) is 0 Å². The Morgan fingerprint density at radius 2 is 1.75 bits per heavy atom. The second-order valence-electron chi connectivity index (χ2n) is 1.10. The molecule has 0 radical (unpaired) electrons. The van der Waals surface area contributed by atoms with Gasteiger partial charge in [-0.1, -0.05) is 0 Å². The zero-order valence-corrected chi connectivity index (χ0v) is 4.77. The summed E-state index contributed by atoms with van der Waals surface area (Å²) >= 11 is 1.13. The van der Waals surface area contributed by atoms with Crippen LogP contribution in [0.5, 0.6) is 0 Å². The maximum atomic E-state index is 5.21. The third kappa shape index (κ3) is 1.03. The van der Waals surface area contributed by atoms with Crippen LogP contribution in [0.1, 0.15) is 0 Å². The van der Waals surface area contributed by atoms with Crippen molar-refractivity contribution in [1.82, 2.24) is 5.53 Å². The highest BCUT2D eigenvalue weighted by Gasteiger charge is 2.01. The van der Waals surface area contributed by atoms with Crippen molar-refractivity contribution in [3.8, 4) is 0 Å². The summed E-state index contributed by atoms with van der Waals surface area (Å²) in [6.45, 7) is 0. The first-order valence-electron chi connectivity index (χ1n) is 1.88. The summed E-state index contributed by atoms with van der Waals surface area (Å²) in [5.41, 5.74) is 12.7. The Hall–Kier alpha value is -0.910. The molecule has 1 rings (SSSR count). The molecule has 5 N–H and O–H groups in total. The molecule has 5 nitrogen and oxygen atoms in total. The van der Waals surface area contributed by atoms with E-state index in [2.05, 4.69) is 15.7 Å². The summed E-state index contributed by atoms with van der Waals surface area (Å²) < 4.78 is 0. The van der Waals surface area contributed by atoms with E-state index in [0.29, 0.717) is 10.3 Å². The summed E-state index contributed by atoms with van der Waals surface area (Å²) in [5, 5.41) is 7.81. The summed E-state index contributed by atoms with van der Waals surface area (Å²) in [5.74, 6) is 0. The fourth-order valence-corrected chi connectivity index (χ4v) is 0.664. The predicted octanol–water partition coefficient (Wildman–Crippen LogP) is -1.22. The standard InChI is InChI=1S/C2H5N5S/c3-1-5-7-6-2(4)8-1/h7H,(H2,3,5)(H2,4,6). The third-order valence-electron chi connectivity index (χ3n) is 0.530. The van der Waals surface area contributed by atoms with Gasteiger partial charge in [0.25, 0.3) is 0 Å². The zero-order valence-electron chi connectivity index (χ0n) is 3.96. The van der Waals surface area contributed by atoms with E-state index in [4.69, 9.17) is 11.5 Å². The van der Waals surface area contributed by atoms with Gasteiger partial charge in [0.1, 0.15) is 0 Å². The molecule has 0 saturated heterocycles. The molecular formula is C2H5N5S. The van der Waals surface area contributed by atoms with E-state index in [1.165, 1.54) is 0 Å². The van der Waals surface area contributed by atoms with E-state index in [1.54, 1.807) is 0 Å². The number of nitrogens with two attached hydrogens (primary N) is 2. The number of nitrogens with one attached hydrogen (secondary N) is 1. The highest BCUT2D eigenvalue weighted by molar-refractivity contribution is 8.26. The monoisotopic (exact) mass is 131 g/mol. The molecule has 0 fully saturated rings. The minimum Gasteiger partial charge on any atom is -0.376 e. The van der Waals surface area contributed by atoms with Gasteiger partial charge < -0.3 is 11.5 Å². The van der Waals surface area contributed by atoms with Crippen LogP contribution in [0.4, 0.5) is 0 Å². The van der Waals surface area contributed by atoms with Crippen LogP contribution in [0.3, 0.4) is 0 Å². The molecule has 0 unspecified atom stereocenters. The van der Waals surface area contributed by atoms with Crippen molar-refractivity contribution in [2.24, 2.45) is 21.7 Å². The number of amidine groups is 2. The summed E-state index contributed by atoms with van der Waals surface area (Å²) in [7, 11) is 0. The van der Waals surface area contributed by atoms with Crippen LogP contribution in [0, 0.1) is 0 Å². The normalized spacial score (nSPS) is 18.5. The number of rotatable bonds is 0. The molecule has 0 saturated carbocycles. The number of hydrazone groups is 2. The molecule has 0 bridgehead atoms. The second kappa shape index (κ2) is 1.91. The Balaban J connectivity index is 2.57. The van der Waals surface area contributed by atoms with Gasteiger partial charge in [0.15, 0.2) is 10.3 Å². The van der Waals surface area contributed by atoms with Gasteiger partial charge in [0.2, 0.25) is 0 Å². The lowest BCUT2D eigenvalue weighted by Gasteiger charge is -2.03. The molecule has 0 atom stereocenters. The van der Waals surface area contributed by atoms with Crippen LogP contribution in [0.15, 0.2) is 10.2 Å². The van der Waals surface area contributed by atoms with Gasteiger partial charge in [-0.05, 0) is 11.8 Å². The van der Waals surface area contributed by atoms with Crippen LogP contribution in [0.2, 0.25) is 0 Å². The summed E-state index contributed by atoms with van der Waals surface area (Å²) in [4.78, 5) is 0. The first-order valence-corrected chi connectivity index (χ1v) is 2.70. The molecule has 0 aromatic carbocycles. The number of thioether (sulfide) groups is 1. The van der Waals surface area contributed by atoms with E-state index in [0.717, 1.165) is 11.8 Å². The van der Waals surface area contributed by atoms with Gasteiger partial charge in [-0.3, -0.25) is 0 Å². The molecular weight excluding hydrogens is 126 g/mol. The minimum absolute atomic E-state index is 0.387. The quantitative estimate of drug-likeness (QED) is 0.384. The lowest BCUT2D eigenvalue weighted by Crippen LogP contribution is -2.24. The van der Waals surface area contributed by atoms with Crippen molar-refractivity contribution >= 4 is 22.1 Å². The predicted molar refractivity (Wildman–Crippen MR) is 34.0 cm³/mol. The molecule has 1 heterocycles. The zero-order chi connectivity index (χ0) is 5.98. The molecule has 1 aliphatic rings. The topological polar surface area (TPSA) is 88.8 Å². The van der Waals surface area contributed by atoms with Crippen LogP contribution >= 0.6 is 11.8 Å². The van der Waals surface area contributed by atoms with Crippen molar-refractivity contribution < 1.29 is 0 Å². The molecule has 0 aromatic heterocycles. The molecule has 1 aliphatic heterocycles. The summed E-state index contributed by atoms with van der Waals surface area (Å²) in [6, 6.07) is 0. The molecule has 0 aromatic rings. The van der Waals surface area contributed by atoms with Gasteiger partial charge in [0, 0.05) is 0 Å². The van der Waals surface area contributed by atoms with Crippen molar-refractivity contribution in [2.75, 3.05) is 0 Å². The highest BCUT2D eigenvalue weighted by atomic mass is 32.2. The van der Waals surface area contributed by atoms with Gasteiger partial charge in [0.05, 0.1) is 0 Å². The van der Waals surface area contributed by atoms with Crippen LogP contribution in [-0.4, -0.2) is 10.3 Å². The Morgan fingerprint density at radius 3 is 2.00 bits per heavy atom. The first kappa shape index (κ1) is 5.23. The lowest BCUT2D eigenvalue weighted by molar-refractivity contribution is 0.808. The van der Waals surface area contributed by atoms with Gasteiger partial charge in [-0.2, -0.15) is 5.53 Å². The Kier molecular flexibility index (Phi) is 1.25. The molecule has 0 amide bonds. The van der Waals surface area contributed by atoms with Crippen LogP contribution in [0.25, 0.3) is 0 Å². The van der Waals surface area contributed by atoms with E-state index < -0.39 is 0 Å². The molecule has 8 heavy (non-hydrogen) atoms. The molecule has 6 heteroatoms.